The van der Waals surface area contributed by atoms with E-state index >= 15 is 0 Å². The summed E-state index contributed by atoms with van der Waals surface area (Å²) < 4.78 is 11.3. The van der Waals surface area contributed by atoms with E-state index in [0.29, 0.717) is 6.61 Å². The molecule has 2 aromatic rings. The lowest BCUT2D eigenvalue weighted by Gasteiger charge is -2.09. The van der Waals surface area contributed by atoms with E-state index in [9.17, 15) is 0 Å². The highest BCUT2D eigenvalue weighted by Gasteiger charge is 2.00. The van der Waals surface area contributed by atoms with E-state index < -0.39 is 0 Å². The first kappa shape index (κ1) is 13.8. The number of hydrogen-bond donors (Lipinski definition) is 1. The molecule has 0 aliphatic carbocycles. The van der Waals surface area contributed by atoms with Gasteiger partial charge in [-0.2, -0.15) is 0 Å². The topological polar surface area (TPSA) is 30.5 Å². The zero-order chi connectivity index (χ0) is 13.3. The fourth-order valence-electron chi connectivity index (χ4n) is 1.94. The van der Waals surface area contributed by atoms with E-state index in [0.717, 1.165) is 31.9 Å². The van der Waals surface area contributed by atoms with Crippen molar-refractivity contribution in [3.63, 3.8) is 0 Å². The number of rotatable bonds is 8. The highest BCUT2D eigenvalue weighted by Crippen LogP contribution is 2.25. The molecule has 0 heterocycles. The van der Waals surface area contributed by atoms with Gasteiger partial charge in [0, 0.05) is 25.0 Å². The van der Waals surface area contributed by atoms with Crippen molar-refractivity contribution in [2.24, 2.45) is 0 Å². The third-order valence-corrected chi connectivity index (χ3v) is 2.94. The summed E-state index contributed by atoms with van der Waals surface area (Å²) in [5, 5.41) is 5.43. The van der Waals surface area contributed by atoms with Gasteiger partial charge < -0.3 is 14.8 Å². The summed E-state index contributed by atoms with van der Waals surface area (Å²) in [5.74, 6) is 0.952. The Morgan fingerprint density at radius 1 is 0.947 bits per heavy atom. The predicted octanol–water partition coefficient (Wildman–Crippen LogP) is 2.84. The van der Waals surface area contributed by atoms with E-state index in [4.69, 9.17) is 9.47 Å². The van der Waals surface area contributed by atoms with Crippen LogP contribution in [-0.2, 0) is 4.74 Å². The van der Waals surface area contributed by atoms with E-state index in [1.807, 2.05) is 31.3 Å². The van der Waals surface area contributed by atoms with Crippen molar-refractivity contribution in [1.29, 1.82) is 0 Å². The SMILES string of the molecule is CNCCOCCCOc1cccc2ccccc12. The van der Waals surface area contributed by atoms with Crippen LogP contribution in [-0.4, -0.2) is 33.4 Å². The van der Waals surface area contributed by atoms with E-state index in [1.165, 1.54) is 10.8 Å². The summed E-state index contributed by atoms with van der Waals surface area (Å²) in [6.45, 7) is 3.08. The van der Waals surface area contributed by atoms with Crippen LogP contribution in [0.1, 0.15) is 6.42 Å². The first-order valence-corrected chi connectivity index (χ1v) is 6.75. The van der Waals surface area contributed by atoms with Crippen molar-refractivity contribution in [2.45, 2.75) is 6.42 Å². The van der Waals surface area contributed by atoms with Crippen LogP contribution in [0.25, 0.3) is 10.8 Å². The van der Waals surface area contributed by atoms with Crippen LogP contribution >= 0.6 is 0 Å². The molecule has 0 aromatic heterocycles. The maximum Gasteiger partial charge on any atom is 0.127 e. The van der Waals surface area contributed by atoms with Crippen LogP contribution in [0, 0.1) is 0 Å². The Labute approximate surface area is 114 Å². The Morgan fingerprint density at radius 3 is 2.68 bits per heavy atom. The summed E-state index contributed by atoms with van der Waals surface area (Å²) in [6.07, 6.45) is 0.910. The average Bonchev–Trinajstić information content (AvgIpc) is 2.46. The molecule has 0 fully saturated rings. The van der Waals surface area contributed by atoms with Gasteiger partial charge in [0.2, 0.25) is 0 Å². The molecule has 0 aliphatic heterocycles. The maximum absolute atomic E-state index is 5.83. The van der Waals surface area contributed by atoms with Crippen molar-refractivity contribution >= 4 is 10.8 Å². The molecule has 19 heavy (non-hydrogen) atoms. The Kier molecular flexibility index (Phi) is 5.66. The zero-order valence-electron chi connectivity index (χ0n) is 11.4. The summed E-state index contributed by atoms with van der Waals surface area (Å²) in [7, 11) is 1.92. The second kappa shape index (κ2) is 7.77. The molecule has 0 saturated heterocycles. The number of benzene rings is 2. The van der Waals surface area contributed by atoms with Gasteiger partial charge in [0.25, 0.3) is 0 Å². The number of ether oxygens (including phenoxy) is 2. The Bertz CT molecular complexity index is 494. The van der Waals surface area contributed by atoms with Crippen molar-refractivity contribution in [1.82, 2.24) is 5.32 Å². The zero-order valence-corrected chi connectivity index (χ0v) is 11.4. The molecular formula is C16H21NO2. The second-order valence-corrected chi connectivity index (χ2v) is 4.40. The van der Waals surface area contributed by atoms with Crippen LogP contribution in [0.4, 0.5) is 0 Å². The van der Waals surface area contributed by atoms with Gasteiger partial charge in [-0.05, 0) is 18.5 Å². The predicted molar refractivity (Wildman–Crippen MR) is 78.8 cm³/mol. The lowest BCUT2D eigenvalue weighted by Crippen LogP contribution is -2.15. The minimum absolute atomic E-state index is 0.688. The molecular weight excluding hydrogens is 238 g/mol. The molecule has 102 valence electrons. The normalized spacial score (nSPS) is 10.8. The molecule has 0 spiro atoms. The monoisotopic (exact) mass is 259 g/mol. The number of likely N-dealkylation sites (N-methyl/N-ethyl adjacent to an activating group) is 1. The van der Waals surface area contributed by atoms with Gasteiger partial charge in [0.15, 0.2) is 0 Å². The fourth-order valence-corrected chi connectivity index (χ4v) is 1.94. The fraction of sp³-hybridized carbons (Fsp3) is 0.375. The van der Waals surface area contributed by atoms with Gasteiger partial charge in [0.05, 0.1) is 13.2 Å². The van der Waals surface area contributed by atoms with Crippen LogP contribution in [0.3, 0.4) is 0 Å². The largest absolute Gasteiger partial charge is 0.493 e. The third kappa shape index (κ3) is 4.23. The molecule has 1 N–H and O–H groups in total. The van der Waals surface area contributed by atoms with Crippen LogP contribution < -0.4 is 10.1 Å². The van der Waals surface area contributed by atoms with Gasteiger partial charge in [-0.15, -0.1) is 0 Å². The van der Waals surface area contributed by atoms with Gasteiger partial charge in [-0.1, -0.05) is 36.4 Å². The molecule has 0 bridgehead atoms. The lowest BCUT2D eigenvalue weighted by molar-refractivity contribution is 0.122. The maximum atomic E-state index is 5.83. The molecule has 2 rings (SSSR count). The van der Waals surface area contributed by atoms with Gasteiger partial charge >= 0.3 is 0 Å². The molecule has 0 aliphatic rings. The van der Waals surface area contributed by atoms with Crippen LogP contribution in [0.15, 0.2) is 42.5 Å². The van der Waals surface area contributed by atoms with E-state index in [-0.39, 0.29) is 0 Å². The number of nitrogens with one attached hydrogen (secondary N) is 1. The molecule has 0 amide bonds. The average molecular weight is 259 g/mol. The molecule has 0 radical (unpaired) electrons. The Balaban J connectivity index is 1.78. The van der Waals surface area contributed by atoms with E-state index in [2.05, 4.69) is 23.5 Å². The summed E-state index contributed by atoms with van der Waals surface area (Å²) >= 11 is 0. The highest BCUT2D eigenvalue weighted by atomic mass is 16.5. The summed E-state index contributed by atoms with van der Waals surface area (Å²) in [4.78, 5) is 0. The van der Waals surface area contributed by atoms with Crippen molar-refractivity contribution in [3.05, 3.63) is 42.5 Å². The lowest BCUT2D eigenvalue weighted by atomic mass is 10.1. The standard InChI is InChI=1S/C16H21NO2/c1-17-10-13-18-11-5-12-19-16-9-4-7-14-6-2-3-8-15(14)16/h2-4,6-9,17H,5,10-13H2,1H3. The first-order chi connectivity index (χ1) is 9.42. The molecule has 0 saturated carbocycles. The van der Waals surface area contributed by atoms with Crippen molar-refractivity contribution < 1.29 is 9.47 Å². The molecule has 3 nitrogen and oxygen atoms in total. The molecule has 0 unspecified atom stereocenters. The van der Waals surface area contributed by atoms with Gasteiger partial charge in [-0.25, -0.2) is 0 Å². The Hall–Kier alpha value is -1.58. The second-order valence-electron chi connectivity index (χ2n) is 4.40. The van der Waals surface area contributed by atoms with Crippen molar-refractivity contribution in [2.75, 3.05) is 33.4 Å². The highest BCUT2D eigenvalue weighted by molar-refractivity contribution is 5.88. The quantitative estimate of drug-likeness (QED) is 0.739. The van der Waals surface area contributed by atoms with Gasteiger partial charge in [-0.3, -0.25) is 0 Å². The van der Waals surface area contributed by atoms with Crippen molar-refractivity contribution in [3.8, 4) is 5.75 Å². The first-order valence-electron chi connectivity index (χ1n) is 6.75. The van der Waals surface area contributed by atoms with Crippen LogP contribution in [0.2, 0.25) is 0 Å². The number of hydrogen-bond acceptors (Lipinski definition) is 3. The van der Waals surface area contributed by atoms with E-state index in [1.54, 1.807) is 0 Å². The minimum atomic E-state index is 0.688. The number of fused-ring (bicyclic) bond motifs is 1. The van der Waals surface area contributed by atoms with Crippen LogP contribution in [0.5, 0.6) is 5.75 Å². The summed E-state index contributed by atoms with van der Waals surface area (Å²) in [6, 6.07) is 14.4. The van der Waals surface area contributed by atoms with Gasteiger partial charge in [0.1, 0.15) is 5.75 Å². The smallest absolute Gasteiger partial charge is 0.127 e. The molecule has 2 aromatic carbocycles. The third-order valence-electron chi connectivity index (χ3n) is 2.94. The molecule has 3 heteroatoms. The Morgan fingerprint density at radius 2 is 1.79 bits per heavy atom. The summed E-state index contributed by atoms with van der Waals surface area (Å²) in [5.41, 5.74) is 0. The minimum Gasteiger partial charge on any atom is -0.493 e. The molecule has 0 atom stereocenters.